The van der Waals surface area contributed by atoms with E-state index in [2.05, 4.69) is 32.9 Å². The second-order valence-electron chi connectivity index (χ2n) is 1.51. The third-order valence-corrected chi connectivity index (χ3v) is 1.93. The normalized spacial score (nSPS) is 26.2. The van der Waals surface area contributed by atoms with Crippen molar-refractivity contribution in [3.63, 3.8) is 0 Å². The Morgan fingerprint density at radius 1 is 1.89 bits per heavy atom. The predicted molar refractivity (Wildman–Crippen MR) is 46.5 cm³/mol. The Morgan fingerprint density at radius 2 is 2.56 bits per heavy atom. The number of halogens is 2. The zero-order valence-corrected chi connectivity index (χ0v) is 7.35. The van der Waals surface area contributed by atoms with Crippen molar-refractivity contribution in [2.75, 3.05) is 0 Å². The van der Waals surface area contributed by atoms with Gasteiger partial charge < -0.3 is 11.1 Å². The minimum Gasteiger partial charge on any atom is -0.383 e. The summed E-state index contributed by atoms with van der Waals surface area (Å²) in [4.78, 5) is 3.84. The maximum Gasteiger partial charge on any atom is 0.197 e. The van der Waals surface area contributed by atoms with Gasteiger partial charge >= 0.3 is 0 Å². The van der Waals surface area contributed by atoms with E-state index in [1.165, 1.54) is 0 Å². The van der Waals surface area contributed by atoms with Gasteiger partial charge in [-0.25, -0.2) is 4.99 Å². The minimum absolute atomic E-state index is 0.400. The maximum atomic E-state index is 5.55. The summed E-state index contributed by atoms with van der Waals surface area (Å²) in [7, 11) is 0. The van der Waals surface area contributed by atoms with Crippen LogP contribution in [0, 0.1) is 0 Å². The first-order valence-electron chi connectivity index (χ1n) is 2.29. The number of amidine groups is 1. The quantitative estimate of drug-likeness (QED) is 0.382. The molecule has 0 saturated heterocycles. The van der Waals surface area contributed by atoms with Crippen LogP contribution in [0.1, 0.15) is 0 Å². The molecule has 0 amide bonds. The van der Waals surface area contributed by atoms with Crippen LogP contribution in [0.2, 0.25) is 0 Å². The lowest BCUT2D eigenvalue weighted by atomic mass is 10.5. The molecule has 0 aromatic rings. The van der Waals surface area contributed by atoms with Crippen LogP contribution in [0.3, 0.4) is 0 Å². The summed E-state index contributed by atoms with van der Waals surface area (Å²) in [6.07, 6.45) is 1.74. The smallest absolute Gasteiger partial charge is 0.197 e. The van der Waals surface area contributed by atoms with Gasteiger partial charge in [-0.05, 0) is 22.6 Å². The molecule has 1 heterocycles. The molecule has 0 bridgehead atoms. The molecule has 1 unspecified atom stereocenters. The molecule has 3 nitrogen and oxygen atoms in total. The van der Waals surface area contributed by atoms with Gasteiger partial charge in [0.05, 0.1) is 3.58 Å². The summed E-state index contributed by atoms with van der Waals surface area (Å²) in [5.41, 5.74) is 5.02. The first-order chi connectivity index (χ1) is 4.20. The first kappa shape index (κ1) is 7.14. The van der Waals surface area contributed by atoms with E-state index in [1.54, 1.807) is 6.20 Å². The molecule has 50 valence electrons. The number of alkyl halides is 1. The largest absolute Gasteiger partial charge is 0.383 e. The van der Waals surface area contributed by atoms with E-state index in [1.807, 2.05) is 0 Å². The fourth-order valence-electron chi connectivity index (χ4n) is 0.437. The molecule has 0 aliphatic carbocycles. The highest BCUT2D eigenvalue weighted by molar-refractivity contribution is 14.1. The van der Waals surface area contributed by atoms with Gasteiger partial charge in [-0.1, -0.05) is 11.6 Å². The number of nitrogens with one attached hydrogen (secondary N) is 1. The molecule has 0 spiro atoms. The molecule has 0 radical (unpaired) electrons. The fourth-order valence-corrected chi connectivity index (χ4v) is 0.924. The summed E-state index contributed by atoms with van der Waals surface area (Å²) in [6.45, 7) is 0. The van der Waals surface area contributed by atoms with E-state index in [-0.39, 0.29) is 0 Å². The molecule has 9 heavy (non-hydrogen) atoms. The summed E-state index contributed by atoms with van der Waals surface area (Å²) < 4.78 is 0.893. The van der Waals surface area contributed by atoms with Crippen molar-refractivity contribution in [1.29, 1.82) is 0 Å². The van der Waals surface area contributed by atoms with E-state index in [0.29, 0.717) is 5.84 Å². The molecular weight excluding hydrogens is 252 g/mol. The fraction of sp³-hybridized carbons (Fsp3) is 0.250. The van der Waals surface area contributed by atoms with Crippen molar-refractivity contribution in [2.24, 2.45) is 10.7 Å². The Hall–Kier alpha value is 0.0300. The highest BCUT2D eigenvalue weighted by atomic mass is 127. The molecule has 1 rings (SSSR count). The van der Waals surface area contributed by atoms with E-state index >= 15 is 0 Å². The molecule has 3 N–H and O–H groups in total. The predicted octanol–water partition coefficient (Wildman–Crippen LogP) is 0.746. The van der Waals surface area contributed by atoms with Crippen LogP contribution in [-0.2, 0) is 0 Å². The summed E-state index contributed by atoms with van der Waals surface area (Å²) in [5.74, 6) is 0.495. The zero-order chi connectivity index (χ0) is 6.85. The standard InChI is InChI=1S/C4H5ClIN3/c5-4-8-1-2(6)3(7)9-4/h1,4,8H,(H2,7,9). The van der Waals surface area contributed by atoms with Crippen molar-refractivity contribution in [3.8, 4) is 0 Å². The van der Waals surface area contributed by atoms with Gasteiger partial charge in [0, 0.05) is 6.20 Å². The van der Waals surface area contributed by atoms with E-state index in [0.717, 1.165) is 3.58 Å². The Balaban J connectivity index is 2.75. The Bertz CT molecular complexity index is 177. The number of hydrogen-bond donors (Lipinski definition) is 2. The third-order valence-electron chi connectivity index (χ3n) is 0.845. The topological polar surface area (TPSA) is 50.4 Å². The first-order valence-corrected chi connectivity index (χ1v) is 3.81. The van der Waals surface area contributed by atoms with Crippen LogP contribution in [-0.4, -0.2) is 11.5 Å². The summed E-state index contributed by atoms with van der Waals surface area (Å²) in [5, 5.41) is 2.79. The van der Waals surface area contributed by atoms with Gasteiger partial charge in [0.2, 0.25) is 0 Å². The molecule has 0 aromatic heterocycles. The summed E-state index contributed by atoms with van der Waals surface area (Å²) in [6, 6.07) is 0. The third kappa shape index (κ3) is 1.72. The van der Waals surface area contributed by atoms with E-state index in [9.17, 15) is 0 Å². The lowest BCUT2D eigenvalue weighted by Gasteiger charge is -2.11. The van der Waals surface area contributed by atoms with E-state index in [4.69, 9.17) is 17.3 Å². The average Bonchev–Trinajstić information content (AvgIpc) is 1.80. The number of nitrogens with two attached hydrogens (primary N) is 1. The lowest BCUT2D eigenvalue weighted by molar-refractivity contribution is 0.797. The van der Waals surface area contributed by atoms with Gasteiger partial charge in [-0.2, -0.15) is 0 Å². The van der Waals surface area contributed by atoms with Crippen molar-refractivity contribution in [1.82, 2.24) is 5.32 Å². The number of rotatable bonds is 0. The van der Waals surface area contributed by atoms with Crippen LogP contribution < -0.4 is 11.1 Å². The van der Waals surface area contributed by atoms with Crippen LogP contribution in [0.5, 0.6) is 0 Å². The Kier molecular flexibility index (Phi) is 2.18. The molecule has 0 aromatic carbocycles. The van der Waals surface area contributed by atoms with E-state index < -0.39 is 5.62 Å². The van der Waals surface area contributed by atoms with Gasteiger partial charge in [0.15, 0.2) is 5.62 Å². The number of nitrogens with zero attached hydrogens (tertiary/aromatic N) is 1. The minimum atomic E-state index is -0.400. The molecule has 0 saturated carbocycles. The highest BCUT2D eigenvalue weighted by Gasteiger charge is 2.07. The SMILES string of the molecule is NC1=NC(Cl)NC=C1I. The van der Waals surface area contributed by atoms with Gasteiger partial charge in [-0.15, -0.1) is 0 Å². The van der Waals surface area contributed by atoms with Crippen LogP contribution in [0.25, 0.3) is 0 Å². The van der Waals surface area contributed by atoms with Crippen molar-refractivity contribution in [3.05, 3.63) is 9.78 Å². The van der Waals surface area contributed by atoms with Gasteiger partial charge in [-0.3, -0.25) is 0 Å². The van der Waals surface area contributed by atoms with Crippen molar-refractivity contribution >= 4 is 40.0 Å². The molecule has 5 heteroatoms. The monoisotopic (exact) mass is 257 g/mol. The van der Waals surface area contributed by atoms with Crippen LogP contribution in [0.4, 0.5) is 0 Å². The van der Waals surface area contributed by atoms with Crippen molar-refractivity contribution < 1.29 is 0 Å². The average molecular weight is 257 g/mol. The molecule has 1 aliphatic rings. The van der Waals surface area contributed by atoms with Gasteiger partial charge in [0.1, 0.15) is 5.84 Å². The number of aliphatic imine (C=N–C) groups is 1. The Labute approximate surface area is 71.5 Å². The van der Waals surface area contributed by atoms with Crippen molar-refractivity contribution in [2.45, 2.75) is 5.62 Å². The van der Waals surface area contributed by atoms with Gasteiger partial charge in [0.25, 0.3) is 0 Å². The summed E-state index contributed by atoms with van der Waals surface area (Å²) >= 11 is 7.63. The molecular formula is C4H5ClIN3. The Morgan fingerprint density at radius 3 is 3.00 bits per heavy atom. The molecule has 1 aliphatic heterocycles. The van der Waals surface area contributed by atoms with Crippen LogP contribution >= 0.6 is 34.2 Å². The maximum absolute atomic E-state index is 5.55. The highest BCUT2D eigenvalue weighted by Crippen LogP contribution is 2.10. The van der Waals surface area contributed by atoms with Crippen LogP contribution in [0.15, 0.2) is 14.8 Å². The lowest BCUT2D eigenvalue weighted by Crippen LogP contribution is -2.27. The second kappa shape index (κ2) is 2.74. The number of hydrogen-bond acceptors (Lipinski definition) is 3. The second-order valence-corrected chi connectivity index (χ2v) is 3.08. The molecule has 1 atom stereocenters. The molecule has 0 fully saturated rings. The zero-order valence-electron chi connectivity index (χ0n) is 4.44.